The first kappa shape index (κ1) is 15.7. The molecule has 2 atom stereocenters. The lowest BCUT2D eigenvalue weighted by atomic mass is 9.88. The van der Waals surface area contributed by atoms with Crippen LogP contribution < -0.4 is 9.80 Å². The molecule has 0 amide bonds. The number of rotatable bonds is 3. The molecule has 3 aromatic rings. The molecular weight excluding hydrogens is 306 g/mol. The maximum Gasteiger partial charge on any atom is 0.0794 e. The van der Waals surface area contributed by atoms with Gasteiger partial charge < -0.3 is 9.80 Å². The van der Waals surface area contributed by atoms with E-state index in [1.54, 1.807) is 0 Å². The first-order valence-electron chi connectivity index (χ1n) is 8.84. The van der Waals surface area contributed by atoms with E-state index in [0.717, 1.165) is 6.54 Å². The van der Waals surface area contributed by atoms with Crippen LogP contribution >= 0.6 is 0 Å². The maximum absolute atomic E-state index is 4.37. The standard InChI is InChI=1S/C22H23N3/c1-3-25-19-14-15-23-16-20(19)24(2)21(17-10-6-4-7-11-17)22(25)18-12-8-5-9-13-18/h4-16,21-22H,3H2,1-2H3/t21-,22+/m1/s1. The van der Waals surface area contributed by atoms with Crippen molar-refractivity contribution in [2.75, 3.05) is 23.4 Å². The largest absolute Gasteiger partial charge is 0.362 e. The fourth-order valence-corrected chi connectivity index (χ4v) is 4.01. The molecule has 25 heavy (non-hydrogen) atoms. The van der Waals surface area contributed by atoms with E-state index in [4.69, 9.17) is 0 Å². The molecule has 3 heteroatoms. The van der Waals surface area contributed by atoms with Gasteiger partial charge in [0.05, 0.1) is 29.7 Å². The monoisotopic (exact) mass is 329 g/mol. The molecule has 0 saturated heterocycles. The van der Waals surface area contributed by atoms with E-state index in [2.05, 4.69) is 95.5 Å². The van der Waals surface area contributed by atoms with Crippen LogP contribution in [0.5, 0.6) is 0 Å². The molecule has 0 N–H and O–H groups in total. The molecule has 0 unspecified atom stereocenters. The highest BCUT2D eigenvalue weighted by Gasteiger charge is 2.38. The zero-order valence-electron chi connectivity index (χ0n) is 14.7. The Labute approximate surface area is 149 Å². The van der Waals surface area contributed by atoms with Gasteiger partial charge in [0, 0.05) is 19.8 Å². The SMILES string of the molecule is CCN1c2ccncc2N(C)[C@H](c2ccccc2)[C@@H]1c1ccccc1. The van der Waals surface area contributed by atoms with Crippen molar-refractivity contribution in [1.82, 2.24) is 4.98 Å². The number of fused-ring (bicyclic) bond motifs is 1. The summed E-state index contributed by atoms with van der Waals surface area (Å²) in [6.45, 7) is 3.18. The van der Waals surface area contributed by atoms with Crippen LogP contribution in [0.2, 0.25) is 0 Å². The van der Waals surface area contributed by atoms with Gasteiger partial charge in [-0.25, -0.2) is 0 Å². The second-order valence-corrected chi connectivity index (χ2v) is 6.47. The molecule has 1 aliphatic rings. The lowest BCUT2D eigenvalue weighted by Crippen LogP contribution is -2.44. The van der Waals surface area contributed by atoms with Crippen molar-refractivity contribution in [3.8, 4) is 0 Å². The highest BCUT2D eigenvalue weighted by molar-refractivity contribution is 5.74. The minimum Gasteiger partial charge on any atom is -0.362 e. The lowest BCUT2D eigenvalue weighted by molar-refractivity contribution is 0.485. The number of hydrogen-bond acceptors (Lipinski definition) is 3. The Hall–Kier alpha value is -2.81. The fraction of sp³-hybridized carbons (Fsp3) is 0.227. The van der Waals surface area contributed by atoms with E-state index in [1.165, 1.54) is 22.5 Å². The van der Waals surface area contributed by atoms with Crippen molar-refractivity contribution < 1.29 is 0 Å². The van der Waals surface area contributed by atoms with Crippen LogP contribution in [-0.2, 0) is 0 Å². The topological polar surface area (TPSA) is 19.4 Å². The summed E-state index contributed by atoms with van der Waals surface area (Å²) in [5.41, 5.74) is 5.10. The number of benzene rings is 2. The number of hydrogen-bond donors (Lipinski definition) is 0. The summed E-state index contributed by atoms with van der Waals surface area (Å²) in [4.78, 5) is 9.26. The van der Waals surface area contributed by atoms with E-state index in [0.29, 0.717) is 0 Å². The van der Waals surface area contributed by atoms with Crippen LogP contribution in [-0.4, -0.2) is 18.6 Å². The third kappa shape index (κ3) is 2.66. The highest BCUT2D eigenvalue weighted by Crippen LogP contribution is 2.49. The molecule has 4 rings (SSSR count). The average Bonchev–Trinajstić information content (AvgIpc) is 2.69. The van der Waals surface area contributed by atoms with Gasteiger partial charge in [-0.3, -0.25) is 4.98 Å². The van der Waals surface area contributed by atoms with Crippen molar-refractivity contribution in [3.63, 3.8) is 0 Å². The van der Waals surface area contributed by atoms with Crippen LogP contribution in [0, 0.1) is 0 Å². The van der Waals surface area contributed by atoms with Crippen LogP contribution in [0.4, 0.5) is 11.4 Å². The van der Waals surface area contributed by atoms with E-state index in [9.17, 15) is 0 Å². The Morgan fingerprint density at radius 1 is 0.800 bits per heavy atom. The second-order valence-electron chi connectivity index (χ2n) is 6.47. The molecule has 0 fully saturated rings. The Kier molecular flexibility index (Phi) is 4.14. The van der Waals surface area contributed by atoms with Crippen LogP contribution in [0.3, 0.4) is 0 Å². The number of aromatic nitrogens is 1. The van der Waals surface area contributed by atoms with Crippen molar-refractivity contribution in [3.05, 3.63) is 90.3 Å². The van der Waals surface area contributed by atoms with Crippen molar-refractivity contribution in [1.29, 1.82) is 0 Å². The summed E-state index contributed by atoms with van der Waals surface area (Å²) >= 11 is 0. The number of anilines is 2. The third-order valence-corrected chi connectivity index (χ3v) is 5.14. The molecule has 1 aliphatic heterocycles. The molecule has 2 aromatic carbocycles. The molecule has 0 saturated carbocycles. The van der Waals surface area contributed by atoms with E-state index in [-0.39, 0.29) is 12.1 Å². The van der Waals surface area contributed by atoms with Gasteiger partial charge in [0.2, 0.25) is 0 Å². The predicted octanol–water partition coefficient (Wildman–Crippen LogP) is 4.84. The Balaban J connectivity index is 1.93. The first-order chi connectivity index (χ1) is 12.3. The van der Waals surface area contributed by atoms with Crippen molar-refractivity contribution >= 4 is 11.4 Å². The second kappa shape index (κ2) is 6.60. The third-order valence-electron chi connectivity index (χ3n) is 5.14. The van der Waals surface area contributed by atoms with Gasteiger partial charge in [-0.15, -0.1) is 0 Å². The summed E-state index contributed by atoms with van der Waals surface area (Å²) in [7, 11) is 2.18. The minimum absolute atomic E-state index is 0.236. The fourth-order valence-electron chi connectivity index (χ4n) is 4.01. The molecule has 0 radical (unpaired) electrons. The maximum atomic E-state index is 4.37. The van der Waals surface area contributed by atoms with E-state index in [1.807, 2.05) is 12.4 Å². The Morgan fingerprint density at radius 3 is 2.00 bits per heavy atom. The van der Waals surface area contributed by atoms with Gasteiger partial charge in [0.15, 0.2) is 0 Å². The normalized spacial score (nSPS) is 19.6. The highest BCUT2D eigenvalue weighted by atomic mass is 15.3. The number of pyridine rings is 1. The molecule has 126 valence electrons. The van der Waals surface area contributed by atoms with Gasteiger partial charge in [-0.2, -0.15) is 0 Å². The van der Waals surface area contributed by atoms with E-state index >= 15 is 0 Å². The van der Waals surface area contributed by atoms with Gasteiger partial charge in [-0.1, -0.05) is 60.7 Å². The Bertz CT molecular complexity index is 832. The van der Waals surface area contributed by atoms with Gasteiger partial charge in [0.25, 0.3) is 0 Å². The smallest absolute Gasteiger partial charge is 0.0794 e. The summed E-state index contributed by atoms with van der Waals surface area (Å²) in [5.74, 6) is 0. The molecule has 2 heterocycles. The van der Waals surface area contributed by atoms with Crippen LogP contribution in [0.25, 0.3) is 0 Å². The molecular formula is C22H23N3. The summed E-state index contributed by atoms with van der Waals surface area (Å²) in [5, 5.41) is 0. The average molecular weight is 329 g/mol. The van der Waals surface area contributed by atoms with Crippen LogP contribution in [0.15, 0.2) is 79.1 Å². The van der Waals surface area contributed by atoms with Crippen molar-refractivity contribution in [2.45, 2.75) is 19.0 Å². The Morgan fingerprint density at radius 2 is 1.40 bits per heavy atom. The summed E-state index contributed by atoms with van der Waals surface area (Å²) < 4.78 is 0. The zero-order chi connectivity index (χ0) is 17.2. The minimum atomic E-state index is 0.236. The molecule has 1 aromatic heterocycles. The van der Waals surface area contributed by atoms with Gasteiger partial charge >= 0.3 is 0 Å². The zero-order valence-corrected chi connectivity index (χ0v) is 14.7. The summed E-state index contributed by atoms with van der Waals surface area (Å²) in [6, 6.07) is 24.2. The number of likely N-dealkylation sites (N-methyl/N-ethyl adjacent to an activating group) is 2. The summed E-state index contributed by atoms with van der Waals surface area (Å²) in [6.07, 6.45) is 3.87. The van der Waals surface area contributed by atoms with Gasteiger partial charge in [-0.05, 0) is 24.1 Å². The van der Waals surface area contributed by atoms with E-state index < -0.39 is 0 Å². The first-order valence-corrected chi connectivity index (χ1v) is 8.84. The van der Waals surface area contributed by atoms with Gasteiger partial charge in [0.1, 0.15) is 0 Å². The number of nitrogens with zero attached hydrogens (tertiary/aromatic N) is 3. The molecule has 0 spiro atoms. The van der Waals surface area contributed by atoms with Crippen molar-refractivity contribution in [2.24, 2.45) is 0 Å². The van der Waals surface area contributed by atoms with Crippen LogP contribution in [0.1, 0.15) is 30.1 Å². The molecule has 0 aliphatic carbocycles. The molecule has 3 nitrogen and oxygen atoms in total. The lowest BCUT2D eigenvalue weighted by Gasteiger charge is -2.49. The molecule has 0 bridgehead atoms. The predicted molar refractivity (Wildman–Crippen MR) is 104 cm³/mol. The quantitative estimate of drug-likeness (QED) is 0.685.